The van der Waals surface area contributed by atoms with Gasteiger partial charge in [0.2, 0.25) is 5.88 Å². The molecule has 2 aromatic rings. The van der Waals surface area contributed by atoms with Gasteiger partial charge in [0.05, 0.1) is 5.56 Å². The fourth-order valence-electron chi connectivity index (χ4n) is 2.94. The van der Waals surface area contributed by atoms with E-state index in [4.69, 9.17) is 4.74 Å². The van der Waals surface area contributed by atoms with E-state index in [1.165, 1.54) is 0 Å². The van der Waals surface area contributed by atoms with E-state index in [2.05, 4.69) is 26.2 Å². The van der Waals surface area contributed by atoms with Crippen LogP contribution in [0.3, 0.4) is 0 Å². The van der Waals surface area contributed by atoms with Crippen LogP contribution in [0.1, 0.15) is 23.2 Å². The monoisotopic (exact) mass is 389 g/mol. The Kier molecular flexibility index (Phi) is 5.48. The maximum Gasteiger partial charge on any atom is 0.255 e. The highest BCUT2D eigenvalue weighted by Crippen LogP contribution is 2.24. The highest BCUT2D eigenvalue weighted by molar-refractivity contribution is 9.10. The highest BCUT2D eigenvalue weighted by Gasteiger charge is 2.28. The zero-order chi connectivity index (χ0) is 16.9. The third-order valence-corrected chi connectivity index (χ3v) is 4.57. The zero-order valence-electron chi connectivity index (χ0n) is 13.5. The van der Waals surface area contributed by atoms with Crippen LogP contribution in [-0.4, -0.2) is 42.0 Å². The first kappa shape index (κ1) is 16.9. The van der Waals surface area contributed by atoms with E-state index in [1.807, 2.05) is 36.2 Å². The summed E-state index contributed by atoms with van der Waals surface area (Å²) < 4.78 is 6.64. The van der Waals surface area contributed by atoms with E-state index < -0.39 is 0 Å². The molecule has 24 heavy (non-hydrogen) atoms. The Hall–Kier alpha value is -1.92. The molecule has 1 aliphatic rings. The Bertz CT molecular complexity index is 706. The summed E-state index contributed by atoms with van der Waals surface area (Å²) in [6.07, 6.45) is 3.68. The van der Waals surface area contributed by atoms with E-state index in [-0.39, 0.29) is 11.9 Å². The second-order valence-electron chi connectivity index (χ2n) is 5.80. The number of aromatic nitrogens is 1. The van der Waals surface area contributed by atoms with Crippen molar-refractivity contribution in [3.8, 4) is 11.6 Å². The van der Waals surface area contributed by atoms with Gasteiger partial charge in [0.15, 0.2) is 0 Å². The first-order valence-electron chi connectivity index (χ1n) is 8.02. The van der Waals surface area contributed by atoms with Crippen molar-refractivity contribution < 1.29 is 9.53 Å². The summed E-state index contributed by atoms with van der Waals surface area (Å²) in [6.45, 7) is 1.63. The minimum absolute atomic E-state index is 0.0363. The SMILES string of the molecule is CNCC1CCCN1C(=O)c1ccc(Oc2cccc(Br)c2)nc1. The number of carbonyl (C=O) groups excluding carboxylic acids is 1. The van der Waals surface area contributed by atoms with Crippen molar-refractivity contribution in [2.45, 2.75) is 18.9 Å². The standard InChI is InChI=1S/C18H20BrN3O2/c1-20-12-15-5-3-9-22(15)18(23)13-7-8-17(21-11-13)24-16-6-2-4-14(19)10-16/h2,4,6-8,10-11,15,20H,3,5,9,12H2,1H3. The van der Waals surface area contributed by atoms with E-state index in [0.29, 0.717) is 17.2 Å². The molecule has 5 nitrogen and oxygen atoms in total. The number of carbonyl (C=O) groups is 1. The van der Waals surface area contributed by atoms with Gasteiger partial charge in [-0.25, -0.2) is 4.98 Å². The normalized spacial score (nSPS) is 17.1. The first-order valence-corrected chi connectivity index (χ1v) is 8.81. The molecule has 6 heteroatoms. The quantitative estimate of drug-likeness (QED) is 0.850. The molecule has 1 atom stereocenters. The number of benzene rings is 1. The van der Waals surface area contributed by atoms with Gasteiger partial charge >= 0.3 is 0 Å². The average Bonchev–Trinajstić information content (AvgIpc) is 3.04. The van der Waals surface area contributed by atoms with Gasteiger partial charge in [-0.3, -0.25) is 4.79 Å². The summed E-state index contributed by atoms with van der Waals surface area (Å²) in [6, 6.07) is 11.3. The van der Waals surface area contributed by atoms with Gasteiger partial charge in [-0.15, -0.1) is 0 Å². The van der Waals surface area contributed by atoms with Crippen LogP contribution < -0.4 is 10.1 Å². The van der Waals surface area contributed by atoms with Gasteiger partial charge in [0.25, 0.3) is 5.91 Å². The van der Waals surface area contributed by atoms with Gasteiger partial charge < -0.3 is 15.0 Å². The van der Waals surface area contributed by atoms with Crippen LogP contribution in [0.25, 0.3) is 0 Å². The van der Waals surface area contributed by atoms with Crippen molar-refractivity contribution in [3.63, 3.8) is 0 Å². The molecular formula is C18H20BrN3O2. The lowest BCUT2D eigenvalue weighted by molar-refractivity contribution is 0.0736. The number of hydrogen-bond acceptors (Lipinski definition) is 4. The lowest BCUT2D eigenvalue weighted by Crippen LogP contribution is -2.40. The molecule has 1 aromatic heterocycles. The summed E-state index contributed by atoms with van der Waals surface area (Å²) in [7, 11) is 1.91. The van der Waals surface area contributed by atoms with Crippen LogP contribution in [0.4, 0.5) is 0 Å². The van der Waals surface area contributed by atoms with E-state index in [0.717, 1.165) is 30.4 Å². The number of halogens is 1. The largest absolute Gasteiger partial charge is 0.439 e. The Labute approximate surface area is 150 Å². The van der Waals surface area contributed by atoms with E-state index in [1.54, 1.807) is 18.3 Å². The molecule has 1 saturated heterocycles. The van der Waals surface area contributed by atoms with Crippen LogP contribution in [0.5, 0.6) is 11.6 Å². The number of nitrogens with zero attached hydrogens (tertiary/aromatic N) is 2. The molecule has 1 unspecified atom stereocenters. The van der Waals surface area contributed by atoms with Crippen LogP contribution >= 0.6 is 15.9 Å². The van der Waals surface area contributed by atoms with Gasteiger partial charge in [0, 0.05) is 35.9 Å². The molecule has 3 rings (SSSR count). The molecule has 126 valence electrons. The minimum atomic E-state index is 0.0363. The molecular weight excluding hydrogens is 370 g/mol. The van der Waals surface area contributed by atoms with Crippen LogP contribution in [-0.2, 0) is 0 Å². The number of pyridine rings is 1. The third kappa shape index (κ3) is 3.94. The van der Waals surface area contributed by atoms with Crippen molar-refractivity contribution in [1.29, 1.82) is 0 Å². The molecule has 1 N–H and O–H groups in total. The van der Waals surface area contributed by atoms with E-state index in [9.17, 15) is 4.79 Å². The molecule has 0 saturated carbocycles. The zero-order valence-corrected chi connectivity index (χ0v) is 15.1. The highest BCUT2D eigenvalue weighted by atomic mass is 79.9. The summed E-state index contributed by atoms with van der Waals surface area (Å²) in [5.74, 6) is 1.21. The molecule has 0 radical (unpaired) electrons. The first-order chi connectivity index (χ1) is 11.7. The number of ether oxygens (including phenoxy) is 1. The molecule has 0 spiro atoms. The van der Waals surface area contributed by atoms with Gasteiger partial charge in [-0.1, -0.05) is 22.0 Å². The second kappa shape index (κ2) is 7.77. The molecule has 1 amide bonds. The minimum Gasteiger partial charge on any atom is -0.439 e. The van der Waals surface area contributed by atoms with Crippen LogP contribution in [0.2, 0.25) is 0 Å². The fraction of sp³-hybridized carbons (Fsp3) is 0.333. The van der Waals surface area contributed by atoms with Gasteiger partial charge in [-0.05, 0) is 44.2 Å². The Morgan fingerprint density at radius 3 is 3.00 bits per heavy atom. The molecule has 2 heterocycles. The Morgan fingerprint density at radius 1 is 1.42 bits per heavy atom. The van der Waals surface area contributed by atoms with Crippen molar-refractivity contribution in [2.24, 2.45) is 0 Å². The summed E-state index contributed by atoms with van der Waals surface area (Å²) in [5, 5.41) is 3.15. The molecule has 1 fully saturated rings. The Balaban J connectivity index is 1.68. The van der Waals surface area contributed by atoms with Crippen molar-refractivity contribution in [3.05, 3.63) is 52.6 Å². The number of nitrogens with one attached hydrogen (secondary N) is 1. The topological polar surface area (TPSA) is 54.5 Å². The lowest BCUT2D eigenvalue weighted by atomic mass is 10.2. The van der Waals surface area contributed by atoms with E-state index >= 15 is 0 Å². The summed E-state index contributed by atoms with van der Waals surface area (Å²) >= 11 is 3.41. The predicted octanol–water partition coefficient (Wildman–Crippen LogP) is 3.46. The summed E-state index contributed by atoms with van der Waals surface area (Å²) in [4.78, 5) is 18.9. The smallest absolute Gasteiger partial charge is 0.255 e. The fourth-order valence-corrected chi connectivity index (χ4v) is 3.31. The number of rotatable bonds is 5. The van der Waals surface area contributed by atoms with Crippen molar-refractivity contribution in [1.82, 2.24) is 15.2 Å². The van der Waals surface area contributed by atoms with Crippen molar-refractivity contribution in [2.75, 3.05) is 20.1 Å². The maximum atomic E-state index is 12.7. The molecule has 1 aliphatic heterocycles. The average molecular weight is 390 g/mol. The lowest BCUT2D eigenvalue weighted by Gasteiger charge is -2.24. The van der Waals surface area contributed by atoms with Crippen LogP contribution in [0.15, 0.2) is 47.1 Å². The molecule has 1 aromatic carbocycles. The number of amides is 1. The third-order valence-electron chi connectivity index (χ3n) is 4.08. The molecule has 0 bridgehead atoms. The maximum absolute atomic E-state index is 12.7. The van der Waals surface area contributed by atoms with Crippen LogP contribution in [0, 0.1) is 0 Å². The predicted molar refractivity (Wildman–Crippen MR) is 96.4 cm³/mol. The van der Waals surface area contributed by atoms with Crippen molar-refractivity contribution >= 4 is 21.8 Å². The molecule has 0 aliphatic carbocycles. The van der Waals surface area contributed by atoms with Gasteiger partial charge in [0.1, 0.15) is 5.75 Å². The van der Waals surface area contributed by atoms with Gasteiger partial charge in [-0.2, -0.15) is 0 Å². The second-order valence-corrected chi connectivity index (χ2v) is 6.71. The number of likely N-dealkylation sites (N-methyl/N-ethyl adjacent to an activating group) is 1. The number of likely N-dealkylation sites (tertiary alicyclic amines) is 1. The Morgan fingerprint density at radius 2 is 2.29 bits per heavy atom. The summed E-state index contributed by atoms with van der Waals surface area (Å²) in [5.41, 5.74) is 0.597. The number of hydrogen-bond donors (Lipinski definition) is 1.